The summed E-state index contributed by atoms with van der Waals surface area (Å²) in [5.41, 5.74) is 0.626. The molecule has 6 nitrogen and oxygen atoms in total. The van der Waals surface area contributed by atoms with E-state index in [1.165, 1.54) is 4.57 Å². The second-order valence-electron chi connectivity index (χ2n) is 6.07. The van der Waals surface area contributed by atoms with E-state index in [0.29, 0.717) is 23.1 Å². The standard InChI is InChI=1S/C20H18N4O2/c25-19-16-9-4-5-10-17(16)23(14-6-11-18-21-12-13-22-18)20(26)24(19)15-7-2-1-3-8-15/h1-5,7-10,12-13H,6,11,14H2,(H,21,22). The lowest BCUT2D eigenvalue weighted by atomic mass is 10.2. The molecule has 2 aromatic carbocycles. The van der Waals surface area contributed by atoms with Gasteiger partial charge in [0.15, 0.2) is 0 Å². The number of aryl methyl sites for hydroxylation is 2. The molecular formula is C20H18N4O2. The van der Waals surface area contributed by atoms with E-state index in [1.807, 2.05) is 36.4 Å². The molecule has 130 valence electrons. The van der Waals surface area contributed by atoms with Gasteiger partial charge in [-0.3, -0.25) is 9.36 Å². The predicted octanol–water partition coefficient (Wildman–Crippen LogP) is 2.51. The molecule has 1 N–H and O–H groups in total. The van der Waals surface area contributed by atoms with E-state index in [9.17, 15) is 9.59 Å². The molecule has 0 aliphatic heterocycles. The van der Waals surface area contributed by atoms with Crippen molar-refractivity contribution in [3.05, 3.63) is 93.7 Å². The van der Waals surface area contributed by atoms with Crippen molar-refractivity contribution in [3.63, 3.8) is 0 Å². The molecule has 0 aliphatic carbocycles. The largest absolute Gasteiger partial charge is 0.349 e. The fraction of sp³-hybridized carbons (Fsp3) is 0.150. The highest BCUT2D eigenvalue weighted by Gasteiger charge is 2.14. The lowest BCUT2D eigenvalue weighted by molar-refractivity contribution is 0.603. The number of nitrogens with zero attached hydrogens (tertiary/aromatic N) is 3. The Kier molecular flexibility index (Phi) is 4.23. The summed E-state index contributed by atoms with van der Waals surface area (Å²) in [6, 6.07) is 16.3. The highest BCUT2D eigenvalue weighted by Crippen LogP contribution is 2.11. The Balaban J connectivity index is 1.83. The van der Waals surface area contributed by atoms with E-state index in [2.05, 4.69) is 9.97 Å². The van der Waals surface area contributed by atoms with Crippen LogP contribution in [0.2, 0.25) is 0 Å². The Morgan fingerprint density at radius 1 is 0.962 bits per heavy atom. The minimum absolute atomic E-state index is 0.293. The first-order chi connectivity index (χ1) is 12.8. The minimum atomic E-state index is -0.320. The van der Waals surface area contributed by atoms with Crippen molar-refractivity contribution in [1.82, 2.24) is 19.1 Å². The Hall–Kier alpha value is -3.41. The van der Waals surface area contributed by atoms with Crippen LogP contribution in [0.4, 0.5) is 0 Å². The van der Waals surface area contributed by atoms with Crippen LogP contribution < -0.4 is 11.2 Å². The van der Waals surface area contributed by atoms with Gasteiger partial charge in [0, 0.05) is 25.4 Å². The van der Waals surface area contributed by atoms with Crippen LogP contribution in [0.15, 0.2) is 76.6 Å². The summed E-state index contributed by atoms with van der Waals surface area (Å²) in [5, 5.41) is 0.536. The zero-order valence-corrected chi connectivity index (χ0v) is 14.1. The normalized spacial score (nSPS) is 11.1. The second-order valence-corrected chi connectivity index (χ2v) is 6.07. The molecule has 0 saturated carbocycles. The average molecular weight is 346 g/mol. The lowest BCUT2D eigenvalue weighted by Gasteiger charge is -2.14. The number of imidazole rings is 1. The Bertz CT molecular complexity index is 1140. The smallest absolute Gasteiger partial charge is 0.336 e. The van der Waals surface area contributed by atoms with Crippen LogP contribution in [-0.2, 0) is 13.0 Å². The van der Waals surface area contributed by atoms with Crippen LogP contribution in [0.1, 0.15) is 12.2 Å². The summed E-state index contributed by atoms with van der Waals surface area (Å²) in [7, 11) is 0. The Morgan fingerprint density at radius 2 is 1.73 bits per heavy atom. The molecule has 0 radical (unpaired) electrons. The van der Waals surface area contributed by atoms with E-state index >= 15 is 0 Å². The lowest BCUT2D eigenvalue weighted by Crippen LogP contribution is -2.39. The number of nitrogens with one attached hydrogen (secondary N) is 1. The highest BCUT2D eigenvalue weighted by molar-refractivity contribution is 5.78. The van der Waals surface area contributed by atoms with Crippen molar-refractivity contribution in [2.45, 2.75) is 19.4 Å². The zero-order valence-electron chi connectivity index (χ0n) is 14.1. The van der Waals surface area contributed by atoms with Gasteiger partial charge >= 0.3 is 5.69 Å². The molecule has 0 unspecified atom stereocenters. The first-order valence-corrected chi connectivity index (χ1v) is 8.54. The molecule has 4 rings (SSSR count). The van der Waals surface area contributed by atoms with Gasteiger partial charge in [-0.05, 0) is 30.7 Å². The molecule has 2 aromatic heterocycles. The van der Waals surface area contributed by atoms with Gasteiger partial charge in [0.2, 0.25) is 0 Å². The van der Waals surface area contributed by atoms with Gasteiger partial charge < -0.3 is 4.98 Å². The molecule has 6 heteroatoms. The molecule has 0 aliphatic rings. The number of H-pyrrole nitrogens is 1. The molecule has 0 fully saturated rings. The van der Waals surface area contributed by atoms with Crippen LogP contribution >= 0.6 is 0 Å². The third-order valence-electron chi connectivity index (χ3n) is 4.42. The van der Waals surface area contributed by atoms with Crippen LogP contribution in [0.5, 0.6) is 0 Å². The van der Waals surface area contributed by atoms with E-state index in [1.54, 1.807) is 35.2 Å². The second kappa shape index (κ2) is 6.84. The van der Waals surface area contributed by atoms with Gasteiger partial charge in [0.1, 0.15) is 5.82 Å². The Labute approximate surface area is 149 Å². The van der Waals surface area contributed by atoms with Gasteiger partial charge in [-0.15, -0.1) is 0 Å². The maximum absolute atomic E-state index is 13.1. The number of fused-ring (bicyclic) bond motifs is 1. The Morgan fingerprint density at radius 3 is 2.50 bits per heavy atom. The van der Waals surface area contributed by atoms with Gasteiger partial charge in [-0.2, -0.15) is 0 Å². The van der Waals surface area contributed by atoms with Gasteiger partial charge in [0.25, 0.3) is 5.56 Å². The summed E-state index contributed by atoms with van der Waals surface area (Å²) >= 11 is 0. The molecule has 26 heavy (non-hydrogen) atoms. The first kappa shape index (κ1) is 16.1. The van der Waals surface area contributed by atoms with Crippen LogP contribution in [-0.4, -0.2) is 19.1 Å². The van der Waals surface area contributed by atoms with Crippen LogP contribution in [0.3, 0.4) is 0 Å². The molecule has 0 saturated heterocycles. The van der Waals surface area contributed by atoms with Crippen molar-refractivity contribution in [2.75, 3.05) is 0 Å². The molecule has 0 bridgehead atoms. The number of aromatic nitrogens is 4. The fourth-order valence-corrected chi connectivity index (χ4v) is 3.18. The number of aromatic amines is 1. The SMILES string of the molecule is O=c1c2ccccc2n(CCCc2ncc[nH]2)c(=O)n1-c1ccccc1. The van der Waals surface area contributed by atoms with Crippen molar-refractivity contribution in [3.8, 4) is 5.69 Å². The quantitative estimate of drug-likeness (QED) is 0.603. The number of benzene rings is 2. The van der Waals surface area contributed by atoms with Crippen molar-refractivity contribution < 1.29 is 0 Å². The van der Waals surface area contributed by atoms with Crippen LogP contribution in [0.25, 0.3) is 16.6 Å². The maximum atomic E-state index is 13.1. The van der Waals surface area contributed by atoms with Gasteiger partial charge in [0.05, 0.1) is 16.6 Å². The summed E-state index contributed by atoms with van der Waals surface area (Å²) < 4.78 is 2.92. The van der Waals surface area contributed by atoms with Crippen molar-refractivity contribution in [1.29, 1.82) is 0 Å². The van der Waals surface area contributed by atoms with Gasteiger partial charge in [-0.25, -0.2) is 14.3 Å². The molecule has 0 spiro atoms. The molecule has 0 atom stereocenters. The maximum Gasteiger partial charge on any atom is 0.336 e. The van der Waals surface area contributed by atoms with Gasteiger partial charge in [-0.1, -0.05) is 30.3 Å². The van der Waals surface area contributed by atoms with Crippen molar-refractivity contribution >= 4 is 10.9 Å². The van der Waals surface area contributed by atoms with E-state index in [-0.39, 0.29) is 11.2 Å². The summed E-state index contributed by atoms with van der Waals surface area (Å²) in [6.45, 7) is 0.507. The average Bonchev–Trinajstić information content (AvgIpc) is 3.19. The first-order valence-electron chi connectivity index (χ1n) is 8.54. The van der Waals surface area contributed by atoms with Crippen LogP contribution in [0, 0.1) is 0 Å². The monoisotopic (exact) mass is 346 g/mol. The predicted molar refractivity (Wildman–Crippen MR) is 101 cm³/mol. The number of para-hydroxylation sites is 2. The molecule has 2 heterocycles. The summed E-state index contributed by atoms with van der Waals surface area (Å²) in [5.74, 6) is 0.888. The molecule has 0 amide bonds. The summed E-state index contributed by atoms with van der Waals surface area (Å²) in [6.07, 6.45) is 4.97. The molecule has 4 aromatic rings. The van der Waals surface area contributed by atoms with E-state index in [0.717, 1.165) is 18.7 Å². The fourth-order valence-electron chi connectivity index (χ4n) is 3.18. The summed E-state index contributed by atoms with van der Waals surface area (Å²) in [4.78, 5) is 33.3. The van der Waals surface area contributed by atoms with E-state index < -0.39 is 0 Å². The highest BCUT2D eigenvalue weighted by atomic mass is 16.2. The number of hydrogen-bond acceptors (Lipinski definition) is 3. The topological polar surface area (TPSA) is 72.7 Å². The van der Waals surface area contributed by atoms with E-state index in [4.69, 9.17) is 0 Å². The minimum Gasteiger partial charge on any atom is -0.349 e. The third kappa shape index (κ3) is 2.86. The number of rotatable bonds is 5. The molecular weight excluding hydrogens is 328 g/mol. The van der Waals surface area contributed by atoms with Crippen molar-refractivity contribution in [2.24, 2.45) is 0 Å². The number of hydrogen-bond donors (Lipinski definition) is 1. The zero-order chi connectivity index (χ0) is 17.9. The third-order valence-corrected chi connectivity index (χ3v) is 4.42.